The molecular weight excluding hydrogens is 332 g/mol. The van der Waals surface area contributed by atoms with E-state index in [-0.39, 0.29) is 24.0 Å². The summed E-state index contributed by atoms with van der Waals surface area (Å²) in [6.07, 6.45) is 2.02. The molecule has 1 saturated heterocycles. The van der Waals surface area contributed by atoms with Crippen LogP contribution in [0, 0.1) is 5.92 Å². The van der Waals surface area contributed by atoms with Gasteiger partial charge in [0.25, 0.3) is 0 Å². The molecule has 5 heteroatoms. The molecule has 1 saturated carbocycles. The first-order chi connectivity index (χ1) is 10.2. The summed E-state index contributed by atoms with van der Waals surface area (Å²) in [5.74, 6) is 0.231. The Balaban J connectivity index is 1.51. The second-order valence-corrected chi connectivity index (χ2v) is 6.58. The Kier molecular flexibility index (Phi) is 4.50. The van der Waals surface area contributed by atoms with Gasteiger partial charge in [-0.15, -0.1) is 0 Å². The highest BCUT2D eigenvalue weighted by Crippen LogP contribution is 2.34. The second kappa shape index (κ2) is 6.36. The summed E-state index contributed by atoms with van der Waals surface area (Å²) in [5.41, 5.74) is 1.20. The lowest BCUT2D eigenvalue weighted by Crippen LogP contribution is -2.38. The number of anilines is 1. The van der Waals surface area contributed by atoms with E-state index in [0.29, 0.717) is 6.61 Å². The van der Waals surface area contributed by atoms with Crippen molar-refractivity contribution in [3.05, 3.63) is 28.7 Å². The normalized spacial score (nSPS) is 27.7. The van der Waals surface area contributed by atoms with Gasteiger partial charge in [-0.1, -0.05) is 12.1 Å². The van der Waals surface area contributed by atoms with Crippen LogP contribution in [0.25, 0.3) is 0 Å². The molecule has 4 nitrogen and oxygen atoms in total. The fourth-order valence-corrected chi connectivity index (χ4v) is 3.49. The van der Waals surface area contributed by atoms with Gasteiger partial charge < -0.3 is 15.0 Å². The van der Waals surface area contributed by atoms with Crippen LogP contribution in [0.1, 0.15) is 19.8 Å². The molecule has 2 fully saturated rings. The highest BCUT2D eigenvalue weighted by atomic mass is 79.9. The molecule has 2 aliphatic rings. The summed E-state index contributed by atoms with van der Waals surface area (Å²) in [6.45, 7) is 4.51. The van der Waals surface area contributed by atoms with Crippen LogP contribution in [0.2, 0.25) is 0 Å². The predicted octanol–water partition coefficient (Wildman–Crippen LogP) is 2.57. The minimum absolute atomic E-state index is 0.0717. The van der Waals surface area contributed by atoms with Crippen LogP contribution < -0.4 is 10.2 Å². The summed E-state index contributed by atoms with van der Waals surface area (Å²) in [6, 6.07) is 8.47. The van der Waals surface area contributed by atoms with Gasteiger partial charge in [0, 0.05) is 30.2 Å². The Morgan fingerprint density at radius 3 is 3.05 bits per heavy atom. The van der Waals surface area contributed by atoms with Gasteiger partial charge in [-0.2, -0.15) is 0 Å². The predicted molar refractivity (Wildman–Crippen MR) is 86.4 cm³/mol. The first-order valence-electron chi connectivity index (χ1n) is 7.60. The van der Waals surface area contributed by atoms with Gasteiger partial charge in [0.2, 0.25) is 5.91 Å². The van der Waals surface area contributed by atoms with E-state index in [1.54, 1.807) is 0 Å². The molecule has 0 unspecified atom stereocenters. The van der Waals surface area contributed by atoms with Gasteiger partial charge in [0.1, 0.15) is 0 Å². The SMILES string of the molecule is CCO[C@@H]1C[C@H]1C(=O)N[C@H]1CCN(c2ccccc2Br)C1. The molecule has 0 bridgehead atoms. The van der Waals surface area contributed by atoms with Crippen molar-refractivity contribution in [2.75, 3.05) is 24.6 Å². The van der Waals surface area contributed by atoms with Gasteiger partial charge in [0.15, 0.2) is 0 Å². The number of hydrogen-bond acceptors (Lipinski definition) is 3. The van der Waals surface area contributed by atoms with Crippen LogP contribution in [-0.4, -0.2) is 37.7 Å². The highest BCUT2D eigenvalue weighted by molar-refractivity contribution is 9.10. The van der Waals surface area contributed by atoms with Gasteiger partial charge in [-0.3, -0.25) is 4.79 Å². The van der Waals surface area contributed by atoms with Crippen LogP contribution in [0.5, 0.6) is 0 Å². The maximum absolute atomic E-state index is 12.1. The van der Waals surface area contributed by atoms with E-state index in [4.69, 9.17) is 4.74 Å². The molecule has 3 rings (SSSR count). The van der Waals surface area contributed by atoms with Crippen LogP contribution >= 0.6 is 15.9 Å². The summed E-state index contributed by atoms with van der Waals surface area (Å²) in [5, 5.41) is 3.17. The van der Waals surface area contributed by atoms with Crippen molar-refractivity contribution in [1.29, 1.82) is 0 Å². The number of rotatable bonds is 5. The third-order valence-electron chi connectivity index (χ3n) is 4.18. The molecular formula is C16H21BrN2O2. The van der Waals surface area contributed by atoms with Crippen LogP contribution in [0.15, 0.2) is 28.7 Å². The summed E-state index contributed by atoms with van der Waals surface area (Å²) in [4.78, 5) is 14.5. The van der Waals surface area contributed by atoms with E-state index < -0.39 is 0 Å². The number of nitrogens with one attached hydrogen (secondary N) is 1. The molecule has 1 aromatic rings. The lowest BCUT2D eigenvalue weighted by atomic mass is 10.2. The highest BCUT2D eigenvalue weighted by Gasteiger charge is 2.44. The molecule has 1 aliphatic heterocycles. The van der Waals surface area contributed by atoms with E-state index in [2.05, 4.69) is 38.3 Å². The van der Waals surface area contributed by atoms with Crippen LogP contribution in [-0.2, 0) is 9.53 Å². The van der Waals surface area contributed by atoms with Gasteiger partial charge in [0.05, 0.1) is 17.7 Å². The average molecular weight is 353 g/mol. The number of hydrogen-bond donors (Lipinski definition) is 1. The number of carbonyl (C=O) groups excluding carboxylic acids is 1. The minimum Gasteiger partial charge on any atom is -0.378 e. The number of benzene rings is 1. The average Bonchev–Trinajstić information content (AvgIpc) is 3.09. The molecule has 1 N–H and O–H groups in total. The maximum atomic E-state index is 12.1. The minimum atomic E-state index is 0.0717. The zero-order valence-corrected chi connectivity index (χ0v) is 13.8. The van der Waals surface area contributed by atoms with Crippen molar-refractivity contribution < 1.29 is 9.53 Å². The Bertz CT molecular complexity index is 523. The molecule has 3 atom stereocenters. The van der Waals surface area contributed by atoms with E-state index in [0.717, 1.165) is 30.4 Å². The third kappa shape index (κ3) is 3.40. The van der Waals surface area contributed by atoms with Crippen molar-refractivity contribution in [3.8, 4) is 0 Å². The number of nitrogens with zero attached hydrogens (tertiary/aromatic N) is 1. The summed E-state index contributed by atoms with van der Waals surface area (Å²) >= 11 is 3.59. The summed E-state index contributed by atoms with van der Waals surface area (Å²) < 4.78 is 6.59. The fourth-order valence-electron chi connectivity index (χ4n) is 2.96. The van der Waals surface area contributed by atoms with Gasteiger partial charge in [-0.25, -0.2) is 0 Å². The van der Waals surface area contributed by atoms with Crippen LogP contribution in [0.4, 0.5) is 5.69 Å². The Morgan fingerprint density at radius 1 is 1.48 bits per heavy atom. The quantitative estimate of drug-likeness (QED) is 0.885. The first-order valence-corrected chi connectivity index (χ1v) is 8.39. The largest absolute Gasteiger partial charge is 0.378 e. The van der Waals surface area contributed by atoms with Gasteiger partial charge >= 0.3 is 0 Å². The zero-order valence-electron chi connectivity index (χ0n) is 12.2. The molecule has 114 valence electrons. The Labute approximate surface area is 134 Å². The third-order valence-corrected chi connectivity index (χ3v) is 4.85. The molecule has 0 spiro atoms. The van der Waals surface area contributed by atoms with Crippen molar-refractivity contribution in [2.24, 2.45) is 5.92 Å². The number of amides is 1. The molecule has 21 heavy (non-hydrogen) atoms. The van der Waals surface area contributed by atoms with Crippen molar-refractivity contribution in [2.45, 2.75) is 31.9 Å². The summed E-state index contributed by atoms with van der Waals surface area (Å²) in [7, 11) is 0. The molecule has 1 amide bonds. The second-order valence-electron chi connectivity index (χ2n) is 5.73. The van der Waals surface area contributed by atoms with Gasteiger partial charge in [-0.05, 0) is 47.8 Å². The van der Waals surface area contributed by atoms with E-state index in [9.17, 15) is 4.79 Å². The topological polar surface area (TPSA) is 41.6 Å². The number of ether oxygens (including phenoxy) is 1. The van der Waals surface area contributed by atoms with E-state index in [1.807, 2.05) is 19.1 Å². The molecule has 1 heterocycles. The van der Waals surface area contributed by atoms with Crippen LogP contribution in [0.3, 0.4) is 0 Å². The molecule has 0 aromatic heterocycles. The Morgan fingerprint density at radius 2 is 2.29 bits per heavy atom. The molecule has 1 aliphatic carbocycles. The Hall–Kier alpha value is -1.07. The fraction of sp³-hybridized carbons (Fsp3) is 0.562. The zero-order chi connectivity index (χ0) is 14.8. The smallest absolute Gasteiger partial charge is 0.226 e. The standard InChI is InChI=1S/C16H21BrN2O2/c1-2-21-15-9-12(15)16(20)18-11-7-8-19(10-11)14-6-4-3-5-13(14)17/h3-6,11-12,15H,2,7-10H2,1H3,(H,18,20)/t11-,12+,15+/m0/s1. The monoisotopic (exact) mass is 352 g/mol. The molecule has 1 aromatic carbocycles. The number of halogens is 1. The lowest BCUT2D eigenvalue weighted by molar-refractivity contribution is -0.123. The number of carbonyl (C=O) groups is 1. The van der Waals surface area contributed by atoms with E-state index >= 15 is 0 Å². The first kappa shape index (κ1) is 14.9. The van der Waals surface area contributed by atoms with Crippen molar-refractivity contribution >= 4 is 27.5 Å². The number of para-hydroxylation sites is 1. The van der Waals surface area contributed by atoms with Crippen molar-refractivity contribution in [1.82, 2.24) is 5.32 Å². The van der Waals surface area contributed by atoms with E-state index in [1.165, 1.54) is 5.69 Å². The molecule has 0 radical (unpaired) electrons. The maximum Gasteiger partial charge on any atom is 0.226 e. The van der Waals surface area contributed by atoms with Crippen molar-refractivity contribution in [3.63, 3.8) is 0 Å². The lowest BCUT2D eigenvalue weighted by Gasteiger charge is -2.20.